The van der Waals surface area contributed by atoms with E-state index in [0.717, 1.165) is 39.0 Å². The number of carbonyl (C=O) groups excluding carboxylic acids is 2. The quantitative estimate of drug-likeness (QED) is 0.473. The number of ether oxygens (including phenoxy) is 1. The topological polar surface area (TPSA) is 65.6 Å². The highest BCUT2D eigenvalue weighted by molar-refractivity contribution is 6.05. The van der Waals surface area contributed by atoms with E-state index in [-0.39, 0.29) is 24.5 Å². The minimum Gasteiger partial charge on any atom is -0.497 e. The van der Waals surface area contributed by atoms with Crippen molar-refractivity contribution in [3.8, 4) is 5.75 Å². The third-order valence-corrected chi connectivity index (χ3v) is 6.75. The number of para-hydroxylation sites is 1. The van der Waals surface area contributed by atoms with Crippen molar-refractivity contribution in [1.82, 2.24) is 14.8 Å². The molecule has 2 aliphatic heterocycles. The van der Waals surface area contributed by atoms with Crippen molar-refractivity contribution in [2.45, 2.75) is 25.0 Å². The zero-order valence-corrected chi connectivity index (χ0v) is 18.2. The summed E-state index contributed by atoms with van der Waals surface area (Å²) in [6.45, 7) is 0.273. The third-order valence-electron chi connectivity index (χ3n) is 6.75. The second-order valence-electron chi connectivity index (χ2n) is 8.56. The molecule has 1 saturated heterocycles. The molecule has 33 heavy (non-hydrogen) atoms. The van der Waals surface area contributed by atoms with E-state index in [1.165, 1.54) is 4.90 Å². The summed E-state index contributed by atoms with van der Waals surface area (Å²) >= 11 is 0. The Kier molecular flexibility index (Phi) is 4.47. The lowest BCUT2D eigenvalue weighted by Crippen LogP contribution is -2.44. The second kappa shape index (κ2) is 7.52. The van der Waals surface area contributed by atoms with Crippen LogP contribution in [0.5, 0.6) is 5.75 Å². The highest BCUT2D eigenvalue weighted by atomic mass is 16.5. The summed E-state index contributed by atoms with van der Waals surface area (Å²) in [5.41, 5.74) is 4.97. The Balaban J connectivity index is 1.48. The van der Waals surface area contributed by atoms with Crippen LogP contribution in [0.4, 0.5) is 4.79 Å². The van der Waals surface area contributed by atoms with Crippen LogP contribution in [-0.4, -0.2) is 39.9 Å². The SMILES string of the molecule is COc1ccc([C@@H]2c3[nH]c4ccccc4c3C[C@H]3C(=O)N(Cc4ccccc4)C(=O)N23)cc1. The summed E-state index contributed by atoms with van der Waals surface area (Å²) in [4.78, 5) is 33.9. The predicted octanol–water partition coefficient (Wildman–Crippen LogP) is 4.66. The molecule has 6 rings (SSSR count). The molecule has 1 aromatic heterocycles. The third kappa shape index (κ3) is 3.02. The Morgan fingerprint density at radius 2 is 1.67 bits per heavy atom. The van der Waals surface area contributed by atoms with Crippen molar-refractivity contribution in [1.29, 1.82) is 0 Å². The van der Waals surface area contributed by atoms with Crippen LogP contribution >= 0.6 is 0 Å². The minimum absolute atomic E-state index is 0.140. The van der Waals surface area contributed by atoms with E-state index in [1.807, 2.05) is 72.8 Å². The maximum atomic E-state index is 13.7. The molecule has 3 amide bonds. The summed E-state index contributed by atoms with van der Waals surface area (Å²) in [6.07, 6.45) is 0.502. The Hall–Kier alpha value is -4.06. The first-order valence-electron chi connectivity index (χ1n) is 11.1. The molecule has 0 saturated carbocycles. The van der Waals surface area contributed by atoms with Gasteiger partial charge >= 0.3 is 6.03 Å². The molecule has 3 heterocycles. The first kappa shape index (κ1) is 19.6. The van der Waals surface area contributed by atoms with Gasteiger partial charge in [-0.25, -0.2) is 4.79 Å². The van der Waals surface area contributed by atoms with Crippen molar-refractivity contribution >= 4 is 22.8 Å². The van der Waals surface area contributed by atoms with Gasteiger partial charge < -0.3 is 9.72 Å². The molecule has 6 heteroatoms. The first-order chi connectivity index (χ1) is 16.2. The number of hydrogen-bond donors (Lipinski definition) is 1. The number of methoxy groups -OCH3 is 1. The number of H-pyrrole nitrogens is 1. The van der Waals surface area contributed by atoms with Crippen LogP contribution in [0.15, 0.2) is 78.9 Å². The highest BCUT2D eigenvalue weighted by Crippen LogP contribution is 2.44. The molecule has 3 aromatic carbocycles. The number of aromatic nitrogens is 1. The number of nitrogens with one attached hydrogen (secondary N) is 1. The molecule has 0 bridgehead atoms. The van der Waals surface area contributed by atoms with E-state index in [0.29, 0.717) is 6.42 Å². The van der Waals surface area contributed by atoms with Gasteiger partial charge in [0.2, 0.25) is 0 Å². The molecule has 1 fully saturated rings. The lowest BCUT2D eigenvalue weighted by molar-refractivity contribution is -0.129. The molecule has 6 nitrogen and oxygen atoms in total. The van der Waals surface area contributed by atoms with Crippen LogP contribution in [-0.2, 0) is 17.8 Å². The van der Waals surface area contributed by atoms with Crippen molar-refractivity contribution in [3.63, 3.8) is 0 Å². The molecule has 4 aromatic rings. The fraction of sp³-hybridized carbons (Fsp3) is 0.185. The van der Waals surface area contributed by atoms with E-state index in [1.54, 1.807) is 12.0 Å². The van der Waals surface area contributed by atoms with Crippen LogP contribution < -0.4 is 4.74 Å². The number of imide groups is 1. The van der Waals surface area contributed by atoms with Gasteiger partial charge in [-0.15, -0.1) is 0 Å². The van der Waals surface area contributed by atoms with Crippen molar-refractivity contribution < 1.29 is 14.3 Å². The van der Waals surface area contributed by atoms with Crippen LogP contribution in [0.25, 0.3) is 10.9 Å². The average molecular weight is 437 g/mol. The van der Waals surface area contributed by atoms with Gasteiger partial charge in [0, 0.05) is 23.0 Å². The second-order valence-corrected chi connectivity index (χ2v) is 8.56. The number of urea groups is 1. The normalized spacial score (nSPS) is 19.7. The summed E-state index contributed by atoms with van der Waals surface area (Å²) in [7, 11) is 1.63. The number of hydrogen-bond acceptors (Lipinski definition) is 3. The van der Waals surface area contributed by atoms with Crippen molar-refractivity contribution in [2.75, 3.05) is 7.11 Å². The predicted molar refractivity (Wildman–Crippen MR) is 125 cm³/mol. The van der Waals surface area contributed by atoms with Gasteiger partial charge in [-0.3, -0.25) is 14.6 Å². The van der Waals surface area contributed by atoms with Crippen molar-refractivity contribution in [3.05, 3.63) is 101 Å². The zero-order chi connectivity index (χ0) is 22.5. The zero-order valence-electron chi connectivity index (χ0n) is 18.2. The van der Waals surface area contributed by atoms with Gasteiger partial charge in [-0.2, -0.15) is 0 Å². The van der Waals surface area contributed by atoms with Crippen LogP contribution in [0.1, 0.15) is 28.4 Å². The van der Waals surface area contributed by atoms with Gasteiger partial charge in [-0.05, 0) is 34.9 Å². The Labute approximate surface area is 191 Å². The first-order valence-corrected chi connectivity index (χ1v) is 11.1. The maximum Gasteiger partial charge on any atom is 0.328 e. The van der Waals surface area contributed by atoms with Gasteiger partial charge in [0.1, 0.15) is 17.8 Å². The summed E-state index contributed by atoms with van der Waals surface area (Å²) in [5, 5.41) is 1.10. The molecule has 1 N–H and O–H groups in total. The van der Waals surface area contributed by atoms with E-state index < -0.39 is 6.04 Å². The molecule has 2 atom stereocenters. The van der Waals surface area contributed by atoms with Crippen LogP contribution in [0.3, 0.4) is 0 Å². The standard InChI is InChI=1S/C27H23N3O3/c1-33-19-13-11-18(12-14-19)25-24-21(20-9-5-6-10-22(20)28-24)15-23-26(31)29(27(32)30(23)25)16-17-7-3-2-4-8-17/h2-14,23,25,28H,15-16H2,1H3/t23-,25+/m0/s1. The molecule has 0 unspecified atom stereocenters. The monoisotopic (exact) mass is 437 g/mol. The summed E-state index contributed by atoms with van der Waals surface area (Å²) in [5.74, 6) is 0.607. The van der Waals surface area contributed by atoms with Gasteiger partial charge in [0.25, 0.3) is 5.91 Å². The lowest BCUT2D eigenvalue weighted by Gasteiger charge is -2.36. The molecular weight excluding hydrogens is 414 g/mol. The number of carbonyl (C=O) groups is 2. The molecular formula is C27H23N3O3. The van der Waals surface area contributed by atoms with Crippen LogP contribution in [0, 0.1) is 0 Å². The van der Waals surface area contributed by atoms with Crippen molar-refractivity contribution in [2.24, 2.45) is 0 Å². The van der Waals surface area contributed by atoms with Gasteiger partial charge in [0.05, 0.1) is 13.7 Å². The van der Waals surface area contributed by atoms with Gasteiger partial charge in [-0.1, -0.05) is 60.7 Å². The highest BCUT2D eigenvalue weighted by Gasteiger charge is 2.52. The largest absolute Gasteiger partial charge is 0.497 e. The van der Waals surface area contributed by atoms with E-state index in [9.17, 15) is 9.59 Å². The van der Waals surface area contributed by atoms with Gasteiger partial charge in [0.15, 0.2) is 0 Å². The molecule has 2 aliphatic rings. The molecule has 0 spiro atoms. The summed E-state index contributed by atoms with van der Waals surface area (Å²) in [6, 6.07) is 24.3. The fourth-order valence-corrected chi connectivity index (χ4v) is 5.17. The number of aromatic amines is 1. The summed E-state index contributed by atoms with van der Waals surface area (Å²) < 4.78 is 5.33. The Bertz CT molecular complexity index is 1360. The van der Waals surface area contributed by atoms with E-state index >= 15 is 0 Å². The Morgan fingerprint density at radius 1 is 0.939 bits per heavy atom. The maximum absolute atomic E-state index is 13.7. The molecule has 0 radical (unpaired) electrons. The minimum atomic E-state index is -0.528. The Morgan fingerprint density at radius 3 is 2.42 bits per heavy atom. The lowest BCUT2D eigenvalue weighted by atomic mass is 9.89. The van der Waals surface area contributed by atoms with E-state index in [4.69, 9.17) is 4.74 Å². The number of fused-ring (bicyclic) bond motifs is 4. The number of nitrogens with zero attached hydrogens (tertiary/aromatic N) is 2. The number of rotatable bonds is 4. The number of amides is 3. The van der Waals surface area contributed by atoms with Crippen LogP contribution in [0.2, 0.25) is 0 Å². The smallest absolute Gasteiger partial charge is 0.328 e. The molecule has 164 valence electrons. The average Bonchev–Trinajstić information content (AvgIpc) is 3.34. The number of benzene rings is 3. The fourth-order valence-electron chi connectivity index (χ4n) is 5.17. The molecule has 0 aliphatic carbocycles. The van der Waals surface area contributed by atoms with E-state index in [2.05, 4.69) is 11.1 Å².